The molecule has 1 amide bonds. The smallest absolute Gasteiger partial charge is 0.434 e. The number of rotatable bonds is 5. The Kier molecular flexibility index (Phi) is 8.04. The monoisotopic (exact) mass is 585 g/mol. The number of aromatic hydroxyl groups is 1. The molecule has 0 fully saturated rings. The van der Waals surface area contributed by atoms with E-state index >= 15 is 0 Å². The summed E-state index contributed by atoms with van der Waals surface area (Å²) in [6, 6.07) is 15.7. The number of amides is 1. The molecule has 0 saturated heterocycles. The number of hydrogen-bond acceptors (Lipinski definition) is 7. The summed E-state index contributed by atoms with van der Waals surface area (Å²) in [4.78, 5) is 22.5. The van der Waals surface area contributed by atoms with Gasteiger partial charge < -0.3 is 14.6 Å². The Hall–Kier alpha value is -4.12. The molecule has 0 atom stereocenters. The van der Waals surface area contributed by atoms with Crippen LogP contribution in [0.25, 0.3) is 10.4 Å². The maximum absolute atomic E-state index is 14.2. The maximum Gasteiger partial charge on any atom is 0.434 e. The Bertz CT molecular complexity index is 1560. The van der Waals surface area contributed by atoms with E-state index in [1.165, 1.54) is 42.6 Å². The average molecular weight is 586 g/mol. The third-order valence-electron chi connectivity index (χ3n) is 5.65. The molecule has 0 saturated carbocycles. The fraction of sp³-hybridized carbons (Fsp3) is 0.300. The number of alkyl halides is 3. The number of carbonyl (C=O) groups excluding carboxylic acids is 1. The standard InChI is InChI=1S/C30H30F3N3O4S/c1-28(2,3)20-13-7-8-15-22(20)39-25-21(14-10-16-34-25)36(27(38)40-29(4,5)6)26-35-24(30(31,32)33)23(41-26)18-11-9-12-19(37)17-18/h7-17,37H,1-6H3. The zero-order valence-electron chi connectivity index (χ0n) is 23.4. The molecule has 0 bridgehead atoms. The number of ether oxygens (including phenoxy) is 2. The summed E-state index contributed by atoms with van der Waals surface area (Å²) in [6.07, 6.45) is -4.37. The van der Waals surface area contributed by atoms with Crippen LogP contribution >= 0.6 is 11.3 Å². The van der Waals surface area contributed by atoms with Crippen LogP contribution in [0.5, 0.6) is 17.4 Å². The van der Waals surface area contributed by atoms with Crippen molar-refractivity contribution in [3.63, 3.8) is 0 Å². The Balaban J connectivity index is 1.91. The summed E-state index contributed by atoms with van der Waals surface area (Å²) in [5.74, 6) is 0.229. The van der Waals surface area contributed by atoms with Crippen LogP contribution < -0.4 is 9.64 Å². The lowest BCUT2D eigenvalue weighted by Crippen LogP contribution is -2.34. The molecular formula is C30H30F3N3O4S. The Morgan fingerprint density at radius 3 is 2.29 bits per heavy atom. The number of thiazole rings is 1. The number of halogens is 3. The van der Waals surface area contributed by atoms with Gasteiger partial charge in [0.1, 0.15) is 22.8 Å². The highest BCUT2D eigenvalue weighted by atomic mass is 32.1. The lowest BCUT2D eigenvalue weighted by Gasteiger charge is -2.27. The van der Waals surface area contributed by atoms with Gasteiger partial charge in [0.05, 0.1) is 4.88 Å². The molecule has 4 aromatic rings. The number of phenolic OH excluding ortho intramolecular Hbond substituents is 1. The van der Waals surface area contributed by atoms with Gasteiger partial charge in [-0.15, -0.1) is 0 Å². The number of carbonyl (C=O) groups is 1. The zero-order valence-corrected chi connectivity index (χ0v) is 24.2. The van der Waals surface area contributed by atoms with Crippen molar-refractivity contribution in [2.24, 2.45) is 0 Å². The molecule has 0 radical (unpaired) electrons. The van der Waals surface area contributed by atoms with Crippen molar-refractivity contribution >= 4 is 28.2 Å². The number of anilines is 2. The van der Waals surface area contributed by atoms with Gasteiger partial charge >= 0.3 is 12.3 Å². The number of para-hydroxylation sites is 1. The number of phenols is 1. The van der Waals surface area contributed by atoms with Crippen molar-refractivity contribution in [2.75, 3.05) is 4.90 Å². The summed E-state index contributed by atoms with van der Waals surface area (Å²) >= 11 is 0.627. The third-order valence-corrected chi connectivity index (χ3v) is 6.74. The maximum atomic E-state index is 14.2. The van der Waals surface area contributed by atoms with Crippen molar-refractivity contribution in [3.05, 3.63) is 78.1 Å². The second-order valence-electron chi connectivity index (χ2n) is 11.2. The van der Waals surface area contributed by atoms with Gasteiger partial charge in [0.25, 0.3) is 0 Å². The fourth-order valence-electron chi connectivity index (χ4n) is 3.94. The molecule has 0 unspecified atom stereocenters. The van der Waals surface area contributed by atoms with E-state index in [9.17, 15) is 23.1 Å². The highest BCUT2D eigenvalue weighted by molar-refractivity contribution is 7.19. The quantitative estimate of drug-likeness (QED) is 0.251. The van der Waals surface area contributed by atoms with Crippen LogP contribution in [-0.4, -0.2) is 26.8 Å². The van der Waals surface area contributed by atoms with E-state index in [0.717, 1.165) is 10.5 Å². The van der Waals surface area contributed by atoms with Crippen molar-refractivity contribution < 1.29 is 32.5 Å². The SMILES string of the molecule is CC(C)(C)OC(=O)N(c1nc(C(F)(F)F)c(-c2cccc(O)c2)s1)c1cccnc1Oc1ccccc1C(C)(C)C. The number of nitrogens with zero attached hydrogens (tertiary/aromatic N) is 3. The van der Waals surface area contributed by atoms with E-state index in [0.29, 0.717) is 17.1 Å². The second kappa shape index (κ2) is 11.0. The van der Waals surface area contributed by atoms with Crippen LogP contribution in [0.15, 0.2) is 66.9 Å². The molecular weight excluding hydrogens is 555 g/mol. The number of benzene rings is 2. The highest BCUT2D eigenvalue weighted by Gasteiger charge is 2.40. The van der Waals surface area contributed by atoms with Crippen LogP contribution in [-0.2, 0) is 16.3 Å². The normalized spacial score (nSPS) is 12.2. The molecule has 2 heterocycles. The van der Waals surface area contributed by atoms with Gasteiger partial charge in [-0.1, -0.05) is 62.4 Å². The summed E-state index contributed by atoms with van der Waals surface area (Å²) in [5, 5.41) is 9.61. The van der Waals surface area contributed by atoms with E-state index in [1.807, 2.05) is 32.9 Å². The Morgan fingerprint density at radius 2 is 1.66 bits per heavy atom. The number of aromatic nitrogens is 2. The van der Waals surface area contributed by atoms with Gasteiger partial charge in [0.15, 0.2) is 5.69 Å². The minimum absolute atomic E-state index is 0.0299. The topological polar surface area (TPSA) is 84.8 Å². The highest BCUT2D eigenvalue weighted by Crippen LogP contribution is 2.47. The van der Waals surface area contributed by atoms with Crippen molar-refractivity contribution in [3.8, 4) is 27.8 Å². The van der Waals surface area contributed by atoms with E-state index in [2.05, 4.69) is 9.97 Å². The van der Waals surface area contributed by atoms with Crippen molar-refractivity contribution in [2.45, 2.75) is 58.7 Å². The lowest BCUT2D eigenvalue weighted by molar-refractivity contribution is -0.140. The minimum Gasteiger partial charge on any atom is -0.508 e. The molecule has 11 heteroatoms. The fourth-order valence-corrected chi connectivity index (χ4v) is 5.02. The Labute approximate surface area is 240 Å². The number of pyridine rings is 1. The summed E-state index contributed by atoms with van der Waals surface area (Å²) < 4.78 is 54.5. The van der Waals surface area contributed by atoms with Crippen LogP contribution in [0.4, 0.5) is 28.8 Å². The number of hydrogen-bond donors (Lipinski definition) is 1. The molecule has 2 aromatic heterocycles. The lowest BCUT2D eigenvalue weighted by atomic mass is 9.86. The average Bonchev–Trinajstić information content (AvgIpc) is 3.30. The zero-order chi connectivity index (χ0) is 30.2. The van der Waals surface area contributed by atoms with E-state index in [-0.39, 0.29) is 38.3 Å². The summed E-state index contributed by atoms with van der Waals surface area (Å²) in [7, 11) is 0. The Morgan fingerprint density at radius 1 is 0.951 bits per heavy atom. The molecule has 0 aliphatic carbocycles. The van der Waals surface area contributed by atoms with E-state index < -0.39 is 23.6 Å². The predicted molar refractivity (Wildman–Crippen MR) is 152 cm³/mol. The summed E-state index contributed by atoms with van der Waals surface area (Å²) in [5.41, 5.74) is -1.50. The van der Waals surface area contributed by atoms with Crippen LogP contribution in [0.1, 0.15) is 52.8 Å². The van der Waals surface area contributed by atoms with Gasteiger partial charge in [0.2, 0.25) is 11.0 Å². The molecule has 0 spiro atoms. The van der Waals surface area contributed by atoms with Gasteiger partial charge in [0, 0.05) is 11.8 Å². The third kappa shape index (κ3) is 6.97. The molecule has 1 N–H and O–H groups in total. The first kappa shape index (κ1) is 29.9. The van der Waals surface area contributed by atoms with Crippen LogP contribution in [0.3, 0.4) is 0 Å². The van der Waals surface area contributed by atoms with Gasteiger partial charge in [-0.25, -0.2) is 19.7 Å². The van der Waals surface area contributed by atoms with Crippen LogP contribution in [0.2, 0.25) is 0 Å². The molecule has 7 nitrogen and oxygen atoms in total. The molecule has 4 rings (SSSR count). The van der Waals surface area contributed by atoms with Crippen LogP contribution in [0, 0.1) is 0 Å². The van der Waals surface area contributed by atoms with Crippen molar-refractivity contribution in [1.82, 2.24) is 9.97 Å². The molecule has 2 aromatic carbocycles. The van der Waals surface area contributed by atoms with E-state index in [1.54, 1.807) is 32.9 Å². The minimum atomic E-state index is -4.85. The van der Waals surface area contributed by atoms with Gasteiger partial charge in [-0.05, 0) is 62.1 Å². The first-order chi connectivity index (χ1) is 19.0. The van der Waals surface area contributed by atoms with Gasteiger partial charge in [-0.3, -0.25) is 0 Å². The molecule has 0 aliphatic rings. The molecule has 0 aliphatic heterocycles. The predicted octanol–water partition coefficient (Wildman–Crippen LogP) is 9.09. The van der Waals surface area contributed by atoms with E-state index in [4.69, 9.17) is 9.47 Å². The summed E-state index contributed by atoms with van der Waals surface area (Å²) in [6.45, 7) is 11.0. The first-order valence-corrected chi connectivity index (χ1v) is 13.5. The molecule has 216 valence electrons. The van der Waals surface area contributed by atoms with Crippen molar-refractivity contribution in [1.29, 1.82) is 0 Å². The van der Waals surface area contributed by atoms with Gasteiger partial charge in [-0.2, -0.15) is 13.2 Å². The second-order valence-corrected chi connectivity index (χ2v) is 12.2. The molecule has 41 heavy (non-hydrogen) atoms. The largest absolute Gasteiger partial charge is 0.508 e. The first-order valence-electron chi connectivity index (χ1n) is 12.7.